The highest BCUT2D eigenvalue weighted by Crippen LogP contribution is 2.32. The largest absolute Gasteiger partial charge is 0.103 e. The topological polar surface area (TPSA) is 0 Å². The van der Waals surface area contributed by atoms with Gasteiger partial charge in [0.05, 0.1) is 0 Å². The van der Waals surface area contributed by atoms with Crippen molar-refractivity contribution in [2.75, 3.05) is 5.33 Å². The van der Waals surface area contributed by atoms with E-state index >= 15 is 0 Å². The molecule has 0 saturated carbocycles. The Morgan fingerprint density at radius 3 is 2.20 bits per heavy atom. The summed E-state index contributed by atoms with van der Waals surface area (Å²) in [5.74, 6) is 0.713. The molecule has 10 heavy (non-hydrogen) atoms. The Morgan fingerprint density at radius 2 is 2.10 bits per heavy atom. The molecule has 0 fully saturated rings. The summed E-state index contributed by atoms with van der Waals surface area (Å²) >= 11 is 3.53. The van der Waals surface area contributed by atoms with Gasteiger partial charge >= 0.3 is 0 Å². The molecular weight excluding hydrogens is 188 g/mol. The van der Waals surface area contributed by atoms with Crippen LogP contribution in [-0.2, 0) is 0 Å². The van der Waals surface area contributed by atoms with Crippen LogP contribution in [0.3, 0.4) is 0 Å². The molecule has 0 aliphatic carbocycles. The van der Waals surface area contributed by atoms with E-state index in [1.807, 2.05) is 6.08 Å². The van der Waals surface area contributed by atoms with E-state index in [2.05, 4.69) is 43.3 Å². The van der Waals surface area contributed by atoms with Gasteiger partial charge in [-0.3, -0.25) is 0 Å². The molecule has 0 heterocycles. The Labute approximate surface area is 72.8 Å². The minimum atomic E-state index is 0.391. The van der Waals surface area contributed by atoms with Crippen molar-refractivity contribution in [1.82, 2.24) is 0 Å². The summed E-state index contributed by atoms with van der Waals surface area (Å²) in [5.41, 5.74) is 0.391. The predicted molar refractivity (Wildman–Crippen MR) is 51.6 cm³/mol. The minimum absolute atomic E-state index is 0.391. The maximum atomic E-state index is 3.76. The fourth-order valence-electron chi connectivity index (χ4n) is 0.774. The van der Waals surface area contributed by atoms with Crippen molar-refractivity contribution >= 4 is 15.9 Å². The van der Waals surface area contributed by atoms with Crippen LogP contribution in [0.2, 0.25) is 0 Å². The third-order valence-electron chi connectivity index (χ3n) is 2.31. The van der Waals surface area contributed by atoms with Gasteiger partial charge in [0.15, 0.2) is 0 Å². The fraction of sp³-hybridized carbons (Fsp3) is 0.778. The molecule has 0 amide bonds. The number of alkyl halides is 1. The summed E-state index contributed by atoms with van der Waals surface area (Å²) in [5, 5.41) is 1.06. The Hall–Kier alpha value is 0.220. The number of hydrogen-bond donors (Lipinski definition) is 0. The molecule has 0 rings (SSSR count). The molecule has 1 atom stereocenters. The molecule has 0 nitrogen and oxygen atoms in total. The first-order valence-electron chi connectivity index (χ1n) is 3.73. The van der Waals surface area contributed by atoms with Crippen molar-refractivity contribution in [1.29, 1.82) is 0 Å². The van der Waals surface area contributed by atoms with Gasteiger partial charge in [0.2, 0.25) is 0 Å². The van der Waals surface area contributed by atoms with E-state index in [0.717, 1.165) is 11.8 Å². The SMILES string of the molecule is C=CCC(C)(CBr)C(C)C. The highest BCUT2D eigenvalue weighted by atomic mass is 79.9. The van der Waals surface area contributed by atoms with Gasteiger partial charge in [-0.25, -0.2) is 0 Å². The standard InChI is InChI=1S/C9H17Br/c1-5-6-9(4,7-10)8(2)3/h5,8H,1,6-7H2,2-4H3. The Kier molecular flexibility index (Phi) is 4.26. The van der Waals surface area contributed by atoms with Gasteiger partial charge < -0.3 is 0 Å². The first kappa shape index (κ1) is 10.2. The number of allylic oxidation sites excluding steroid dienone is 1. The second-order valence-corrected chi connectivity index (χ2v) is 4.00. The molecule has 0 aromatic heterocycles. The first-order valence-corrected chi connectivity index (χ1v) is 4.86. The zero-order chi connectivity index (χ0) is 8.20. The monoisotopic (exact) mass is 204 g/mol. The van der Waals surface area contributed by atoms with Gasteiger partial charge in [0, 0.05) is 5.33 Å². The zero-order valence-corrected chi connectivity index (χ0v) is 8.74. The second kappa shape index (κ2) is 4.17. The van der Waals surface area contributed by atoms with Gasteiger partial charge in [-0.05, 0) is 17.8 Å². The van der Waals surface area contributed by atoms with Crippen molar-refractivity contribution in [2.24, 2.45) is 11.3 Å². The van der Waals surface area contributed by atoms with Crippen LogP contribution in [0, 0.1) is 11.3 Å². The van der Waals surface area contributed by atoms with Crippen molar-refractivity contribution in [3.8, 4) is 0 Å². The number of hydrogen-bond acceptors (Lipinski definition) is 0. The lowest BCUT2D eigenvalue weighted by Gasteiger charge is -2.30. The van der Waals surface area contributed by atoms with Crippen LogP contribution in [0.5, 0.6) is 0 Å². The summed E-state index contributed by atoms with van der Waals surface area (Å²) in [4.78, 5) is 0. The molecule has 1 heteroatoms. The van der Waals surface area contributed by atoms with Crippen molar-refractivity contribution in [2.45, 2.75) is 27.2 Å². The van der Waals surface area contributed by atoms with Crippen LogP contribution >= 0.6 is 15.9 Å². The summed E-state index contributed by atoms with van der Waals surface area (Å²) in [6.45, 7) is 10.6. The summed E-state index contributed by atoms with van der Waals surface area (Å²) in [6, 6.07) is 0. The molecule has 0 N–H and O–H groups in total. The van der Waals surface area contributed by atoms with Gasteiger partial charge in [0.25, 0.3) is 0 Å². The molecular formula is C9H17Br. The van der Waals surface area contributed by atoms with E-state index in [1.54, 1.807) is 0 Å². The Bertz CT molecular complexity index is 107. The van der Waals surface area contributed by atoms with Crippen LogP contribution < -0.4 is 0 Å². The molecule has 0 aliphatic rings. The molecule has 0 aliphatic heterocycles. The van der Waals surface area contributed by atoms with E-state index in [4.69, 9.17) is 0 Å². The molecule has 0 spiro atoms. The lowest BCUT2D eigenvalue weighted by molar-refractivity contribution is 0.263. The molecule has 60 valence electrons. The van der Waals surface area contributed by atoms with E-state index in [0.29, 0.717) is 11.3 Å². The van der Waals surface area contributed by atoms with Gasteiger partial charge in [-0.15, -0.1) is 6.58 Å². The fourth-order valence-corrected chi connectivity index (χ4v) is 1.65. The van der Waals surface area contributed by atoms with E-state index in [9.17, 15) is 0 Å². The third-order valence-corrected chi connectivity index (χ3v) is 3.59. The predicted octanol–water partition coefficient (Wildman–Crippen LogP) is 3.62. The lowest BCUT2D eigenvalue weighted by Crippen LogP contribution is -2.24. The first-order chi connectivity index (χ1) is 4.56. The van der Waals surface area contributed by atoms with E-state index in [-0.39, 0.29) is 0 Å². The van der Waals surface area contributed by atoms with Crippen molar-refractivity contribution in [3.05, 3.63) is 12.7 Å². The Balaban J connectivity index is 4.07. The number of rotatable bonds is 4. The van der Waals surface area contributed by atoms with E-state index in [1.165, 1.54) is 0 Å². The summed E-state index contributed by atoms with van der Waals surface area (Å²) in [7, 11) is 0. The van der Waals surface area contributed by atoms with Crippen molar-refractivity contribution in [3.63, 3.8) is 0 Å². The molecule has 0 aromatic carbocycles. The summed E-state index contributed by atoms with van der Waals surface area (Å²) < 4.78 is 0. The molecule has 0 bridgehead atoms. The van der Waals surface area contributed by atoms with E-state index < -0.39 is 0 Å². The quantitative estimate of drug-likeness (QED) is 0.485. The number of halogens is 1. The van der Waals surface area contributed by atoms with Crippen LogP contribution in [0.25, 0.3) is 0 Å². The van der Waals surface area contributed by atoms with Crippen LogP contribution in [-0.4, -0.2) is 5.33 Å². The Morgan fingerprint density at radius 1 is 1.60 bits per heavy atom. The average molecular weight is 205 g/mol. The van der Waals surface area contributed by atoms with Gasteiger partial charge in [0.1, 0.15) is 0 Å². The van der Waals surface area contributed by atoms with Crippen LogP contribution in [0.1, 0.15) is 27.2 Å². The molecule has 0 radical (unpaired) electrons. The molecule has 1 unspecified atom stereocenters. The normalized spacial score (nSPS) is 16.9. The lowest BCUT2D eigenvalue weighted by atomic mass is 9.78. The highest BCUT2D eigenvalue weighted by molar-refractivity contribution is 9.09. The van der Waals surface area contributed by atoms with Gasteiger partial charge in [-0.2, -0.15) is 0 Å². The zero-order valence-electron chi connectivity index (χ0n) is 7.15. The third kappa shape index (κ3) is 2.45. The van der Waals surface area contributed by atoms with Gasteiger partial charge in [-0.1, -0.05) is 42.8 Å². The van der Waals surface area contributed by atoms with Crippen molar-refractivity contribution < 1.29 is 0 Å². The minimum Gasteiger partial charge on any atom is -0.103 e. The maximum Gasteiger partial charge on any atom is 0.00907 e. The molecule has 0 saturated heterocycles. The smallest absolute Gasteiger partial charge is 0.00907 e. The van der Waals surface area contributed by atoms with Crippen LogP contribution in [0.15, 0.2) is 12.7 Å². The molecule has 0 aromatic rings. The second-order valence-electron chi connectivity index (χ2n) is 3.44. The maximum absolute atomic E-state index is 3.76. The van der Waals surface area contributed by atoms with Crippen LogP contribution in [0.4, 0.5) is 0 Å². The highest BCUT2D eigenvalue weighted by Gasteiger charge is 2.24. The average Bonchev–Trinajstić information content (AvgIpc) is 1.88. The summed E-state index contributed by atoms with van der Waals surface area (Å²) in [6.07, 6.45) is 3.09.